The van der Waals surface area contributed by atoms with Crippen molar-refractivity contribution in [3.63, 3.8) is 0 Å². The maximum Gasteiger partial charge on any atom is 0.339 e. The molecule has 1 aromatic carbocycles. The summed E-state index contributed by atoms with van der Waals surface area (Å²) in [7, 11) is 4.17. The number of rotatable bonds is 12. The fraction of sp³-hybridized carbons (Fsp3) is 0.628. The lowest BCUT2D eigenvalue weighted by molar-refractivity contribution is -0.313. The first-order valence-electron chi connectivity index (χ1n) is 20.8. The topological polar surface area (TPSA) is 260 Å². The summed E-state index contributed by atoms with van der Waals surface area (Å²) in [6.45, 7) is 7.08. The summed E-state index contributed by atoms with van der Waals surface area (Å²) in [5, 5.41) is 0. The van der Waals surface area contributed by atoms with Gasteiger partial charge in [-0.05, 0) is 38.1 Å². The van der Waals surface area contributed by atoms with Gasteiger partial charge in [-0.2, -0.15) is 0 Å². The highest BCUT2D eigenvalue weighted by atomic mass is 16.8. The highest BCUT2D eigenvalue weighted by Crippen LogP contribution is 2.63. The van der Waals surface area contributed by atoms with E-state index in [1.807, 2.05) is 19.2 Å². The Hall–Kier alpha value is -5.84. The Morgan fingerprint density at radius 3 is 1.62 bits per heavy atom. The fourth-order valence-corrected chi connectivity index (χ4v) is 10.1. The number of benzene rings is 1. The summed E-state index contributed by atoms with van der Waals surface area (Å²) in [4.78, 5) is 103. The number of hydrogen-bond acceptors (Lipinski definition) is 22. The number of carbonyl (C=O) groups is 8. The number of piperidine rings is 1. The molecular formula is C43H51NO21. The van der Waals surface area contributed by atoms with E-state index in [0.717, 1.165) is 66.9 Å². The molecule has 65 heavy (non-hydrogen) atoms. The zero-order valence-electron chi connectivity index (χ0n) is 37.0. The summed E-state index contributed by atoms with van der Waals surface area (Å²) in [6.07, 6.45) is -13.6. The van der Waals surface area contributed by atoms with Gasteiger partial charge in [0.15, 0.2) is 54.2 Å². The molecular weight excluding hydrogens is 866 g/mol. The molecule has 1 spiro atoms. The van der Waals surface area contributed by atoms with Crippen LogP contribution in [-0.4, -0.2) is 160 Å². The van der Waals surface area contributed by atoms with Crippen molar-refractivity contribution >= 4 is 47.8 Å². The Kier molecular flexibility index (Phi) is 13.5. The second-order valence-corrected chi connectivity index (χ2v) is 16.5. The van der Waals surface area contributed by atoms with E-state index in [9.17, 15) is 38.4 Å². The van der Waals surface area contributed by atoms with Crippen molar-refractivity contribution in [2.24, 2.45) is 5.92 Å². The van der Waals surface area contributed by atoms with E-state index in [2.05, 4.69) is 4.90 Å². The van der Waals surface area contributed by atoms with Crippen LogP contribution in [0.2, 0.25) is 0 Å². The molecule has 0 aromatic heterocycles. The van der Waals surface area contributed by atoms with Crippen LogP contribution in [0.1, 0.15) is 59.1 Å². The smallest absolute Gasteiger partial charge is 0.339 e. The van der Waals surface area contributed by atoms with Crippen molar-refractivity contribution in [2.75, 3.05) is 27.8 Å². The number of likely N-dealkylation sites (tertiary alicyclic amines) is 1. The molecule has 0 amide bonds. The summed E-state index contributed by atoms with van der Waals surface area (Å²) in [5.74, 6) is -7.07. The van der Waals surface area contributed by atoms with Crippen LogP contribution in [0.5, 0.6) is 11.5 Å². The van der Waals surface area contributed by atoms with Crippen LogP contribution >= 0.6 is 0 Å². The third kappa shape index (κ3) is 8.83. The Morgan fingerprint density at radius 1 is 0.631 bits per heavy atom. The van der Waals surface area contributed by atoms with Gasteiger partial charge in [-0.25, -0.2) is 9.59 Å². The Balaban J connectivity index is 1.30. The second-order valence-electron chi connectivity index (χ2n) is 16.5. The molecule has 0 saturated carbocycles. The minimum absolute atomic E-state index is 0.00271. The van der Waals surface area contributed by atoms with Crippen molar-refractivity contribution in [1.29, 1.82) is 0 Å². The maximum absolute atomic E-state index is 13.2. The number of methoxy groups -OCH3 is 2. The summed E-state index contributed by atoms with van der Waals surface area (Å²) in [5.41, 5.74) is 0.863. The van der Waals surface area contributed by atoms with E-state index in [-0.39, 0.29) is 23.5 Å². The number of hydrogen-bond donors (Lipinski definition) is 0. The van der Waals surface area contributed by atoms with Crippen molar-refractivity contribution in [3.8, 4) is 11.5 Å². The van der Waals surface area contributed by atoms with E-state index < -0.39 is 127 Å². The monoisotopic (exact) mass is 917 g/mol. The first-order valence-corrected chi connectivity index (χ1v) is 20.8. The van der Waals surface area contributed by atoms with Crippen molar-refractivity contribution in [2.45, 2.75) is 139 Å². The van der Waals surface area contributed by atoms with E-state index in [1.165, 1.54) is 0 Å². The van der Waals surface area contributed by atoms with E-state index in [1.54, 1.807) is 12.1 Å². The molecule has 22 nitrogen and oxygen atoms in total. The molecule has 4 heterocycles. The molecule has 15 atom stereocenters. The molecule has 1 aromatic rings. The lowest BCUT2D eigenvalue weighted by Crippen LogP contribution is -2.67. The average molecular weight is 918 g/mol. The number of nitrogens with zero attached hydrogens (tertiary/aromatic N) is 1. The average Bonchev–Trinajstić information content (AvgIpc) is 3.58. The second kappa shape index (κ2) is 18.6. The Bertz CT molecular complexity index is 2140. The van der Waals surface area contributed by atoms with Crippen molar-refractivity contribution in [1.82, 2.24) is 4.90 Å². The van der Waals surface area contributed by atoms with Crippen LogP contribution < -0.4 is 9.47 Å². The normalized spacial score (nSPS) is 35.2. The fourth-order valence-electron chi connectivity index (χ4n) is 10.1. The van der Waals surface area contributed by atoms with Crippen LogP contribution in [-0.2, 0) is 102 Å². The molecule has 2 aliphatic carbocycles. The largest absolute Gasteiger partial charge is 0.482 e. The molecule has 4 aliphatic heterocycles. The molecule has 2 bridgehead atoms. The Morgan fingerprint density at radius 2 is 1.11 bits per heavy atom. The molecule has 3 saturated heterocycles. The molecule has 6 aliphatic rings. The van der Waals surface area contributed by atoms with Gasteiger partial charge in [-0.15, -0.1) is 0 Å². The predicted molar refractivity (Wildman–Crippen MR) is 210 cm³/mol. The van der Waals surface area contributed by atoms with Crippen molar-refractivity contribution < 1.29 is 99.9 Å². The van der Waals surface area contributed by atoms with Gasteiger partial charge in [0.25, 0.3) is 0 Å². The standard InChI is InChI=1S/C43H51NO21/c1-17(45)55-30-32(57-19(3)47)36(59-21(5)49)41(64-34(30)39(51)53-8)61-26-12-10-23-16-25-24-11-13-27(38-43(24,14-15-44(25)7)28(23)29(26)63-38)62-42-37(60-22(6)50)33(58-20(4)48)31(56-18(2)46)35(65-42)40(52)54-9/h10-13,24-25,27,30-38,41-42H,14-16H2,1-9H3/t24-,25+,27-,30-,31-,32-,33-,34-,35-,36+,37+,38-,41+,42+,43-/m0/s1. The molecule has 3 fully saturated rings. The van der Waals surface area contributed by atoms with E-state index in [4.69, 9.17) is 61.6 Å². The van der Waals surface area contributed by atoms with E-state index >= 15 is 0 Å². The molecule has 0 unspecified atom stereocenters. The third-order valence-corrected chi connectivity index (χ3v) is 12.3. The lowest BCUT2D eigenvalue weighted by atomic mass is 9.53. The number of esters is 8. The Labute approximate surface area is 372 Å². The van der Waals surface area contributed by atoms with Gasteiger partial charge in [0, 0.05) is 64.5 Å². The van der Waals surface area contributed by atoms with Gasteiger partial charge in [0.1, 0.15) is 12.2 Å². The van der Waals surface area contributed by atoms with Gasteiger partial charge < -0.3 is 66.5 Å². The molecule has 0 radical (unpaired) electrons. The van der Waals surface area contributed by atoms with Gasteiger partial charge in [0.05, 0.1) is 14.2 Å². The van der Waals surface area contributed by atoms with Crippen molar-refractivity contribution in [3.05, 3.63) is 35.4 Å². The SMILES string of the molecule is COC(=O)[C@H]1O[C@@H](Oc2ccc3c4c2O[C@H]2[C@@H](O[C@@H]5O[C@H](C(=O)OC)[C@@H](OC(C)=O)[C@H](OC(C)=O)[C@H]5OC(C)=O)C=C[C@H]5[C@@H](C3)N(C)CC[C@@]452)[C@H](OC(C)=O)[C@@H](OC(C)=O)[C@@H]1OC(C)=O. The van der Waals surface area contributed by atoms with Crippen LogP contribution in [0.3, 0.4) is 0 Å². The highest BCUT2D eigenvalue weighted by Gasteiger charge is 2.66. The van der Waals surface area contributed by atoms with Gasteiger partial charge >= 0.3 is 47.8 Å². The van der Waals surface area contributed by atoms with Crippen LogP contribution in [0, 0.1) is 5.92 Å². The summed E-state index contributed by atoms with van der Waals surface area (Å²) >= 11 is 0. The van der Waals surface area contributed by atoms with Gasteiger partial charge in [0.2, 0.25) is 18.7 Å². The summed E-state index contributed by atoms with van der Waals surface area (Å²) in [6, 6.07) is 3.46. The lowest BCUT2D eigenvalue weighted by Gasteiger charge is -2.57. The molecule has 7 rings (SSSR count). The first-order chi connectivity index (χ1) is 30.8. The van der Waals surface area contributed by atoms with Crippen LogP contribution in [0.4, 0.5) is 0 Å². The minimum Gasteiger partial charge on any atom is -0.482 e. The quantitative estimate of drug-likeness (QED) is 0.155. The molecule has 0 N–H and O–H groups in total. The minimum atomic E-state index is -1.73. The van der Waals surface area contributed by atoms with E-state index in [0.29, 0.717) is 19.4 Å². The molecule has 354 valence electrons. The molecule has 22 heteroatoms. The number of ether oxygens (including phenoxy) is 13. The first kappa shape index (κ1) is 47.1. The highest BCUT2D eigenvalue weighted by molar-refractivity contribution is 5.78. The zero-order chi connectivity index (χ0) is 47.2. The number of carbonyl (C=O) groups excluding carboxylic acids is 8. The van der Waals surface area contributed by atoms with Gasteiger partial charge in [-0.3, -0.25) is 28.8 Å². The third-order valence-electron chi connectivity index (χ3n) is 12.3. The predicted octanol–water partition coefficient (Wildman–Crippen LogP) is 0.282. The zero-order valence-corrected chi connectivity index (χ0v) is 37.0. The summed E-state index contributed by atoms with van der Waals surface area (Å²) < 4.78 is 75.5. The maximum atomic E-state index is 13.2. The van der Waals surface area contributed by atoms with Gasteiger partial charge in [-0.1, -0.05) is 18.2 Å². The van der Waals surface area contributed by atoms with Crippen LogP contribution in [0.15, 0.2) is 24.3 Å². The number of likely N-dealkylation sites (N-methyl/N-ethyl adjacent to an activating group) is 1. The van der Waals surface area contributed by atoms with Crippen LogP contribution in [0.25, 0.3) is 0 Å².